The van der Waals surface area contributed by atoms with Crippen LogP contribution in [0.4, 0.5) is 5.69 Å². The molecule has 51 heavy (non-hydrogen) atoms. The van der Waals surface area contributed by atoms with E-state index in [1.807, 2.05) is 19.9 Å². The Bertz CT molecular complexity index is 2340. The number of aromatic nitrogens is 1. The van der Waals surface area contributed by atoms with Gasteiger partial charge >= 0.3 is 0 Å². The molecule has 0 saturated heterocycles. The van der Waals surface area contributed by atoms with Crippen molar-refractivity contribution < 1.29 is 29.1 Å². The highest BCUT2D eigenvalue weighted by molar-refractivity contribution is 7.99. The summed E-state index contributed by atoms with van der Waals surface area (Å²) in [5.41, 5.74) is 5.17. The molecule has 9 nitrogen and oxygen atoms in total. The second-order valence-corrected chi connectivity index (χ2v) is 14.4. The van der Waals surface area contributed by atoms with Crippen molar-refractivity contribution in [3.8, 4) is 0 Å². The van der Waals surface area contributed by atoms with E-state index in [-0.39, 0.29) is 46.5 Å². The molecule has 1 unspecified atom stereocenters. The summed E-state index contributed by atoms with van der Waals surface area (Å²) in [7, 11) is 0. The number of imide groups is 1. The zero-order valence-electron chi connectivity index (χ0n) is 28.2. The van der Waals surface area contributed by atoms with Crippen molar-refractivity contribution >= 4 is 57.6 Å². The van der Waals surface area contributed by atoms with E-state index in [1.165, 1.54) is 4.90 Å². The Morgan fingerprint density at radius 1 is 0.745 bits per heavy atom. The zero-order chi connectivity index (χ0) is 35.7. The van der Waals surface area contributed by atoms with Crippen LogP contribution in [0.5, 0.6) is 0 Å². The van der Waals surface area contributed by atoms with E-state index < -0.39 is 24.0 Å². The average Bonchev–Trinajstić information content (AvgIpc) is 3.63. The molecule has 8 rings (SSSR count). The first-order valence-corrected chi connectivity index (χ1v) is 17.9. The third-order valence-corrected chi connectivity index (χ3v) is 11.2. The minimum atomic E-state index is -1.19. The van der Waals surface area contributed by atoms with Crippen LogP contribution >= 0.6 is 11.8 Å². The molecule has 254 valence electrons. The topological polar surface area (TPSA) is 125 Å². The average molecular weight is 696 g/mol. The lowest BCUT2D eigenvalue weighted by molar-refractivity contribution is 0.0139. The molecular weight excluding hydrogens is 663 g/mol. The number of hydrogen-bond acceptors (Lipinski definition) is 8. The second kappa shape index (κ2) is 12.4. The van der Waals surface area contributed by atoms with E-state index >= 15 is 0 Å². The standard InChI is InChI=1S/C41H33N3O6S/c1-4-5-16-51-24-11-12-28-31(19-24)41(50)44(40(28)49)33-15-10-23(20-43-38(47)26-8-6-7-9-27(26)39(43)48)25-13-14-32(42-35(25)33)34-36(45)29-17-21(2)22(3)18-30(29)37(34)46/h6-15,17-19,34,38,47H,4-5,16,20H2,1-3H3. The number of thioether (sulfide) groups is 1. The number of Topliss-reactive ketones (excluding diaryl/α,β-unsaturated/α-hetero) is 2. The number of nitrogens with zero attached hydrogens (tertiary/aromatic N) is 3. The highest BCUT2D eigenvalue weighted by Gasteiger charge is 2.43. The van der Waals surface area contributed by atoms with Gasteiger partial charge in [0.25, 0.3) is 17.7 Å². The molecule has 3 aliphatic rings. The fraction of sp³-hybridized carbons (Fsp3) is 0.220. The van der Waals surface area contributed by atoms with Crippen LogP contribution in [-0.4, -0.2) is 50.0 Å². The summed E-state index contributed by atoms with van der Waals surface area (Å²) in [4.78, 5) is 77.1. The molecule has 1 N–H and O–H groups in total. The van der Waals surface area contributed by atoms with E-state index in [0.717, 1.165) is 39.5 Å². The number of amides is 3. The molecule has 1 aromatic heterocycles. The number of carbonyl (C=O) groups is 5. The minimum Gasteiger partial charge on any atom is -0.369 e. The number of ketones is 2. The van der Waals surface area contributed by atoms with E-state index in [0.29, 0.717) is 38.8 Å². The van der Waals surface area contributed by atoms with E-state index in [2.05, 4.69) is 6.92 Å². The van der Waals surface area contributed by atoms with Gasteiger partial charge in [0.05, 0.1) is 28.0 Å². The lowest BCUT2D eigenvalue weighted by atomic mass is 9.97. The maximum absolute atomic E-state index is 14.0. The molecule has 0 fully saturated rings. The van der Waals surface area contributed by atoms with Crippen molar-refractivity contribution in [1.29, 1.82) is 0 Å². The molecule has 0 radical (unpaired) electrons. The summed E-state index contributed by atoms with van der Waals surface area (Å²) >= 11 is 1.63. The minimum absolute atomic E-state index is 0.00175. The first-order chi connectivity index (χ1) is 24.6. The number of fused-ring (bicyclic) bond motifs is 4. The molecular formula is C41H33N3O6S. The van der Waals surface area contributed by atoms with Crippen LogP contribution in [0.3, 0.4) is 0 Å². The van der Waals surface area contributed by atoms with Gasteiger partial charge in [0.2, 0.25) is 0 Å². The third kappa shape index (κ3) is 5.12. The summed E-state index contributed by atoms with van der Waals surface area (Å²) in [6.45, 7) is 5.89. The summed E-state index contributed by atoms with van der Waals surface area (Å²) < 4.78 is 0. The first-order valence-electron chi connectivity index (χ1n) is 16.9. The first kappa shape index (κ1) is 32.7. The Kier molecular flexibility index (Phi) is 7.96. The van der Waals surface area contributed by atoms with Gasteiger partial charge in [-0.2, -0.15) is 0 Å². The molecule has 0 saturated carbocycles. The maximum atomic E-state index is 14.0. The fourth-order valence-corrected chi connectivity index (χ4v) is 8.27. The largest absolute Gasteiger partial charge is 0.369 e. The van der Waals surface area contributed by atoms with Crippen molar-refractivity contribution in [1.82, 2.24) is 9.88 Å². The lowest BCUT2D eigenvalue weighted by Crippen LogP contribution is -2.30. The number of aryl methyl sites for hydroxylation is 2. The van der Waals surface area contributed by atoms with E-state index in [4.69, 9.17) is 4.98 Å². The highest BCUT2D eigenvalue weighted by Crippen LogP contribution is 2.41. The van der Waals surface area contributed by atoms with Crippen LogP contribution in [0.2, 0.25) is 0 Å². The Morgan fingerprint density at radius 3 is 2.16 bits per heavy atom. The van der Waals surface area contributed by atoms with Crippen LogP contribution in [-0.2, 0) is 6.54 Å². The van der Waals surface area contributed by atoms with E-state index in [9.17, 15) is 29.1 Å². The molecule has 3 heterocycles. The number of rotatable bonds is 8. The van der Waals surface area contributed by atoms with Crippen LogP contribution in [0.1, 0.15) is 112 Å². The van der Waals surface area contributed by atoms with Crippen molar-refractivity contribution in [3.05, 3.63) is 135 Å². The molecule has 0 spiro atoms. The molecule has 0 bridgehead atoms. The predicted octanol–water partition coefficient (Wildman–Crippen LogP) is 7.35. The Hall–Kier alpha value is -5.45. The van der Waals surface area contributed by atoms with Crippen LogP contribution in [0.15, 0.2) is 83.8 Å². The highest BCUT2D eigenvalue weighted by atomic mass is 32.2. The van der Waals surface area contributed by atoms with Gasteiger partial charge < -0.3 is 10.0 Å². The number of carbonyl (C=O) groups excluding carboxylic acids is 5. The number of aliphatic hydroxyl groups is 1. The van der Waals surface area contributed by atoms with Crippen molar-refractivity contribution in [2.45, 2.75) is 57.2 Å². The second-order valence-electron chi connectivity index (χ2n) is 13.3. The number of hydrogen-bond donors (Lipinski definition) is 1. The Morgan fingerprint density at radius 2 is 1.45 bits per heavy atom. The number of unbranched alkanes of at least 4 members (excludes halogenated alkanes) is 1. The Balaban J connectivity index is 1.24. The van der Waals surface area contributed by atoms with Crippen molar-refractivity contribution in [2.75, 3.05) is 10.7 Å². The quantitative estimate of drug-likeness (QED) is 0.0773. The van der Waals surface area contributed by atoms with Gasteiger partial charge in [0.1, 0.15) is 5.92 Å². The van der Waals surface area contributed by atoms with Crippen molar-refractivity contribution in [3.63, 3.8) is 0 Å². The molecule has 1 atom stereocenters. The monoisotopic (exact) mass is 695 g/mol. The summed E-state index contributed by atoms with van der Waals surface area (Å²) in [6.07, 6.45) is 0.897. The number of pyridine rings is 1. The molecule has 1 aliphatic carbocycles. The number of anilines is 1. The fourth-order valence-electron chi connectivity index (χ4n) is 7.23. The summed E-state index contributed by atoms with van der Waals surface area (Å²) in [6, 6.07) is 22.3. The normalized spacial score (nSPS) is 16.9. The van der Waals surface area contributed by atoms with Gasteiger partial charge in [-0.1, -0.05) is 43.7 Å². The smallest absolute Gasteiger partial charge is 0.266 e. The van der Waals surface area contributed by atoms with Gasteiger partial charge in [-0.25, -0.2) is 9.88 Å². The number of benzene rings is 4. The molecule has 4 aromatic carbocycles. The predicted molar refractivity (Wildman–Crippen MR) is 194 cm³/mol. The van der Waals surface area contributed by atoms with Crippen LogP contribution < -0.4 is 4.90 Å². The molecule has 3 amide bonds. The number of aliphatic hydroxyl groups excluding tert-OH is 1. The molecule has 2 aliphatic heterocycles. The Labute approximate surface area is 298 Å². The summed E-state index contributed by atoms with van der Waals surface area (Å²) in [5, 5.41) is 11.6. The van der Waals surface area contributed by atoms with Crippen LogP contribution in [0.25, 0.3) is 10.9 Å². The SMILES string of the molecule is CCCCSc1ccc2c(c1)C(=O)N(c1ccc(CN3C(=O)c4ccccc4C3O)c3ccc(C4C(=O)c5cc(C)c(C)cc5C4=O)nc13)C2=O. The van der Waals surface area contributed by atoms with Gasteiger partial charge in [0.15, 0.2) is 17.8 Å². The van der Waals surface area contributed by atoms with Crippen molar-refractivity contribution in [2.24, 2.45) is 0 Å². The van der Waals surface area contributed by atoms with Gasteiger partial charge in [-0.3, -0.25) is 24.0 Å². The van der Waals surface area contributed by atoms with Gasteiger partial charge in [-0.15, -0.1) is 11.8 Å². The third-order valence-electron chi connectivity index (χ3n) is 10.2. The maximum Gasteiger partial charge on any atom is 0.266 e. The van der Waals surface area contributed by atoms with Crippen LogP contribution in [0, 0.1) is 13.8 Å². The van der Waals surface area contributed by atoms with E-state index in [1.54, 1.807) is 84.6 Å². The molecule has 5 aromatic rings. The van der Waals surface area contributed by atoms with Gasteiger partial charge in [-0.05, 0) is 91.2 Å². The van der Waals surface area contributed by atoms with Gasteiger partial charge in [0, 0.05) is 39.1 Å². The lowest BCUT2D eigenvalue weighted by Gasteiger charge is -2.23. The summed E-state index contributed by atoms with van der Waals surface area (Å²) in [5.74, 6) is -2.36. The zero-order valence-corrected chi connectivity index (χ0v) is 29.0. The molecule has 10 heteroatoms.